The number of nitrogens with zero attached hydrogens (tertiary/aromatic N) is 1. The largest absolute Gasteiger partial charge is 0.506 e. The summed E-state index contributed by atoms with van der Waals surface area (Å²) < 4.78 is 0. The highest BCUT2D eigenvalue weighted by molar-refractivity contribution is 7.80. The predicted molar refractivity (Wildman–Crippen MR) is 138 cm³/mol. The second-order valence-corrected chi connectivity index (χ2v) is 9.70. The van der Waals surface area contributed by atoms with Crippen molar-refractivity contribution in [3.63, 3.8) is 0 Å². The maximum Gasteiger partial charge on any atom is 0.141 e. The molecular weight excluding hydrogens is 409 g/mol. The molecule has 1 N–H and O–H groups in total. The molecule has 0 heterocycles. The highest BCUT2D eigenvalue weighted by atomic mass is 31.1. The van der Waals surface area contributed by atoms with E-state index in [9.17, 15) is 5.11 Å². The van der Waals surface area contributed by atoms with Crippen molar-refractivity contribution in [2.75, 3.05) is 0 Å². The highest BCUT2D eigenvalue weighted by Crippen LogP contribution is 2.35. The van der Waals surface area contributed by atoms with Gasteiger partial charge < -0.3 is 5.11 Å². The maximum absolute atomic E-state index is 10.5. The van der Waals surface area contributed by atoms with Gasteiger partial charge >= 0.3 is 0 Å². The van der Waals surface area contributed by atoms with Crippen molar-refractivity contribution in [1.82, 2.24) is 0 Å². The van der Waals surface area contributed by atoms with Crippen LogP contribution in [0.5, 0.6) is 5.75 Å². The van der Waals surface area contributed by atoms with E-state index in [1.165, 1.54) is 15.9 Å². The van der Waals surface area contributed by atoms with Crippen molar-refractivity contribution in [1.29, 1.82) is 0 Å². The van der Waals surface area contributed by atoms with E-state index in [2.05, 4.69) is 78.9 Å². The molecule has 3 heteroatoms. The van der Waals surface area contributed by atoms with Gasteiger partial charge in [0.2, 0.25) is 0 Å². The minimum atomic E-state index is -0.737. The summed E-state index contributed by atoms with van der Waals surface area (Å²) in [5, 5.41) is 16.4. The standard InChI is InChI=1S/C29H22NOP/c31-28-20-23-12-8-7-11-22(23)19-27(28)30-21-24-13-9-10-18-29(24)32(25-14-3-1-4-15-25)26-16-5-2-6-17-26/h1-21,31H/b30-21+. The Morgan fingerprint density at radius 1 is 0.594 bits per heavy atom. The first-order valence-corrected chi connectivity index (χ1v) is 11.9. The number of aliphatic imine (C=N–C) groups is 1. The molecule has 0 unspecified atom stereocenters. The quantitative estimate of drug-likeness (QED) is 0.267. The monoisotopic (exact) mass is 431 g/mol. The van der Waals surface area contributed by atoms with Gasteiger partial charge in [0.25, 0.3) is 0 Å². The fourth-order valence-corrected chi connectivity index (χ4v) is 6.26. The molecule has 154 valence electrons. The van der Waals surface area contributed by atoms with Crippen molar-refractivity contribution in [2.45, 2.75) is 0 Å². The number of fused-ring (bicyclic) bond motifs is 1. The summed E-state index contributed by atoms with van der Waals surface area (Å²) in [7, 11) is -0.737. The molecule has 5 rings (SSSR count). The van der Waals surface area contributed by atoms with Crippen LogP contribution in [0.4, 0.5) is 5.69 Å². The molecule has 0 aliphatic carbocycles. The molecule has 0 saturated heterocycles. The molecule has 0 aromatic heterocycles. The van der Waals surface area contributed by atoms with Crippen LogP contribution in [0.25, 0.3) is 10.8 Å². The Morgan fingerprint density at radius 3 is 1.78 bits per heavy atom. The third kappa shape index (κ3) is 4.19. The minimum Gasteiger partial charge on any atom is -0.506 e. The van der Waals surface area contributed by atoms with Gasteiger partial charge in [-0.3, -0.25) is 4.99 Å². The first-order valence-electron chi connectivity index (χ1n) is 10.5. The first-order chi connectivity index (χ1) is 15.8. The molecule has 0 spiro atoms. The van der Waals surface area contributed by atoms with E-state index in [1.807, 2.05) is 42.6 Å². The van der Waals surface area contributed by atoms with Crippen LogP contribution in [0.2, 0.25) is 0 Å². The lowest BCUT2D eigenvalue weighted by molar-refractivity contribution is 0.478. The van der Waals surface area contributed by atoms with Gasteiger partial charge in [-0.05, 0) is 46.7 Å². The van der Waals surface area contributed by atoms with Gasteiger partial charge in [0.1, 0.15) is 11.4 Å². The average Bonchev–Trinajstić information content (AvgIpc) is 2.85. The lowest BCUT2D eigenvalue weighted by Gasteiger charge is -2.21. The second kappa shape index (κ2) is 9.18. The third-order valence-electron chi connectivity index (χ3n) is 5.39. The molecule has 0 bridgehead atoms. The molecule has 2 nitrogen and oxygen atoms in total. The molecule has 0 aliphatic heterocycles. The van der Waals surface area contributed by atoms with Crippen LogP contribution in [0.1, 0.15) is 5.56 Å². The van der Waals surface area contributed by atoms with Crippen LogP contribution in [-0.4, -0.2) is 11.3 Å². The Hall–Kier alpha value is -3.74. The summed E-state index contributed by atoms with van der Waals surface area (Å²) in [6.07, 6.45) is 1.88. The first kappa shape index (κ1) is 20.2. The van der Waals surface area contributed by atoms with E-state index < -0.39 is 7.92 Å². The summed E-state index contributed by atoms with van der Waals surface area (Å²) in [6, 6.07) is 41.4. The number of hydrogen-bond donors (Lipinski definition) is 1. The zero-order valence-corrected chi connectivity index (χ0v) is 18.4. The summed E-state index contributed by atoms with van der Waals surface area (Å²) >= 11 is 0. The molecule has 0 amide bonds. The average molecular weight is 431 g/mol. The molecule has 32 heavy (non-hydrogen) atoms. The van der Waals surface area contributed by atoms with Crippen LogP contribution in [0, 0.1) is 0 Å². The Balaban J connectivity index is 1.60. The van der Waals surface area contributed by atoms with Crippen LogP contribution in [0.15, 0.2) is 126 Å². The Kier molecular flexibility index (Phi) is 5.79. The van der Waals surface area contributed by atoms with Crippen LogP contribution < -0.4 is 15.9 Å². The zero-order valence-electron chi connectivity index (χ0n) is 17.5. The van der Waals surface area contributed by atoms with Gasteiger partial charge in [-0.15, -0.1) is 0 Å². The zero-order chi connectivity index (χ0) is 21.8. The summed E-state index contributed by atoms with van der Waals surface area (Å²) in [4.78, 5) is 4.69. The number of aromatic hydroxyl groups is 1. The SMILES string of the molecule is Oc1cc2ccccc2cc1/N=C/c1ccccc1P(c1ccccc1)c1ccccc1. The van der Waals surface area contributed by atoms with Gasteiger partial charge in [-0.1, -0.05) is 109 Å². The van der Waals surface area contributed by atoms with Gasteiger partial charge in [0.05, 0.1) is 0 Å². The smallest absolute Gasteiger partial charge is 0.141 e. The molecule has 0 fully saturated rings. The number of phenols is 1. The van der Waals surface area contributed by atoms with Crippen molar-refractivity contribution < 1.29 is 5.11 Å². The van der Waals surface area contributed by atoms with Crippen LogP contribution >= 0.6 is 7.92 Å². The topological polar surface area (TPSA) is 32.6 Å². The summed E-state index contributed by atoms with van der Waals surface area (Å²) in [5.41, 5.74) is 1.63. The van der Waals surface area contributed by atoms with Crippen molar-refractivity contribution in [3.8, 4) is 5.75 Å². The van der Waals surface area contributed by atoms with E-state index in [4.69, 9.17) is 4.99 Å². The number of phenolic OH excluding ortho intramolecular Hbond substituents is 1. The number of rotatable bonds is 5. The van der Waals surface area contributed by atoms with Gasteiger partial charge in [-0.2, -0.15) is 0 Å². The number of hydrogen-bond acceptors (Lipinski definition) is 2. The van der Waals surface area contributed by atoms with Gasteiger partial charge in [0, 0.05) is 11.8 Å². The lowest BCUT2D eigenvalue weighted by atomic mass is 10.1. The van der Waals surface area contributed by atoms with E-state index in [1.54, 1.807) is 6.07 Å². The van der Waals surface area contributed by atoms with Crippen molar-refractivity contribution in [3.05, 3.63) is 127 Å². The van der Waals surface area contributed by atoms with E-state index >= 15 is 0 Å². The lowest BCUT2D eigenvalue weighted by Crippen LogP contribution is -2.23. The molecule has 0 aliphatic rings. The normalized spacial score (nSPS) is 11.4. The van der Waals surface area contributed by atoms with Crippen LogP contribution in [-0.2, 0) is 0 Å². The Labute approximate surface area is 189 Å². The van der Waals surface area contributed by atoms with Crippen molar-refractivity contribution >= 4 is 46.5 Å². The van der Waals surface area contributed by atoms with Crippen molar-refractivity contribution in [2.24, 2.45) is 4.99 Å². The third-order valence-corrected chi connectivity index (χ3v) is 7.91. The van der Waals surface area contributed by atoms with E-state index in [0.29, 0.717) is 5.69 Å². The van der Waals surface area contributed by atoms with Gasteiger partial charge in [-0.25, -0.2) is 0 Å². The Morgan fingerprint density at radius 2 is 1.12 bits per heavy atom. The summed E-state index contributed by atoms with van der Waals surface area (Å²) in [5.74, 6) is 0.186. The second-order valence-electron chi connectivity index (χ2n) is 7.51. The van der Waals surface area contributed by atoms with E-state index in [0.717, 1.165) is 16.3 Å². The molecule has 0 atom stereocenters. The Bertz CT molecular complexity index is 1340. The molecule has 5 aromatic rings. The van der Waals surface area contributed by atoms with Gasteiger partial charge in [0.15, 0.2) is 0 Å². The summed E-state index contributed by atoms with van der Waals surface area (Å²) in [6.45, 7) is 0. The molecule has 0 saturated carbocycles. The predicted octanol–water partition coefficient (Wildman–Crippen LogP) is 6.05. The number of benzene rings is 5. The highest BCUT2D eigenvalue weighted by Gasteiger charge is 2.18. The fourth-order valence-electron chi connectivity index (χ4n) is 3.84. The minimum absolute atomic E-state index is 0.186. The molecular formula is C29H22NOP. The van der Waals surface area contributed by atoms with Crippen LogP contribution in [0.3, 0.4) is 0 Å². The molecule has 0 radical (unpaired) electrons. The molecule has 5 aromatic carbocycles. The fraction of sp³-hybridized carbons (Fsp3) is 0. The van der Waals surface area contributed by atoms with E-state index in [-0.39, 0.29) is 5.75 Å². The maximum atomic E-state index is 10.5.